The third-order valence-corrected chi connectivity index (χ3v) is 5.48. The summed E-state index contributed by atoms with van der Waals surface area (Å²) >= 11 is 0. The molecule has 0 aliphatic carbocycles. The van der Waals surface area contributed by atoms with Crippen LogP contribution in [0.2, 0.25) is 0 Å². The second-order valence-corrected chi connectivity index (χ2v) is 7.90. The molecule has 2 aromatic carbocycles. The van der Waals surface area contributed by atoms with Crippen molar-refractivity contribution in [2.24, 2.45) is 0 Å². The molecule has 0 unspecified atom stereocenters. The zero-order valence-corrected chi connectivity index (χ0v) is 16.0. The van der Waals surface area contributed by atoms with Crippen LogP contribution in [0.3, 0.4) is 0 Å². The molecule has 0 saturated heterocycles. The van der Waals surface area contributed by atoms with Crippen molar-refractivity contribution in [3.63, 3.8) is 0 Å². The van der Waals surface area contributed by atoms with Crippen LogP contribution in [0, 0.1) is 6.92 Å². The molecule has 0 spiro atoms. The number of amides is 1. The van der Waals surface area contributed by atoms with Gasteiger partial charge in [0.15, 0.2) is 6.61 Å². The molecule has 26 heavy (non-hydrogen) atoms. The first-order valence-electron chi connectivity index (χ1n) is 7.84. The lowest BCUT2D eigenvalue weighted by atomic mass is 10.2. The van der Waals surface area contributed by atoms with Crippen LogP contribution in [0.25, 0.3) is 0 Å². The minimum Gasteiger partial charge on any atom is -0.495 e. The fourth-order valence-electron chi connectivity index (χ4n) is 2.23. The lowest BCUT2D eigenvalue weighted by Crippen LogP contribution is -2.22. The van der Waals surface area contributed by atoms with E-state index in [0.717, 1.165) is 4.31 Å². The summed E-state index contributed by atoms with van der Waals surface area (Å²) in [4.78, 5) is 12.3. The fourth-order valence-corrected chi connectivity index (χ4v) is 3.22. The van der Waals surface area contributed by atoms with E-state index in [1.165, 1.54) is 33.3 Å². The number of para-hydroxylation sites is 2. The van der Waals surface area contributed by atoms with E-state index < -0.39 is 10.0 Å². The number of anilines is 1. The summed E-state index contributed by atoms with van der Waals surface area (Å²) in [5.74, 6) is 0.645. The Balaban J connectivity index is 2.04. The second-order valence-electron chi connectivity index (χ2n) is 5.75. The molecule has 1 amide bonds. The van der Waals surface area contributed by atoms with Crippen LogP contribution in [0.1, 0.15) is 5.56 Å². The summed E-state index contributed by atoms with van der Waals surface area (Å²) < 4.78 is 36.1. The second kappa shape index (κ2) is 8.20. The molecule has 0 radical (unpaired) electrons. The van der Waals surface area contributed by atoms with Crippen LogP contribution in [0.15, 0.2) is 47.4 Å². The van der Waals surface area contributed by atoms with E-state index in [2.05, 4.69) is 5.32 Å². The highest BCUT2D eigenvalue weighted by molar-refractivity contribution is 7.89. The van der Waals surface area contributed by atoms with Gasteiger partial charge in [0.05, 0.1) is 17.7 Å². The van der Waals surface area contributed by atoms with Crippen LogP contribution >= 0.6 is 0 Å². The van der Waals surface area contributed by atoms with Gasteiger partial charge in [-0.15, -0.1) is 0 Å². The molecule has 2 aromatic rings. The molecule has 2 rings (SSSR count). The first kappa shape index (κ1) is 19.7. The smallest absolute Gasteiger partial charge is 0.262 e. The van der Waals surface area contributed by atoms with Gasteiger partial charge < -0.3 is 14.8 Å². The highest BCUT2D eigenvalue weighted by atomic mass is 32.2. The van der Waals surface area contributed by atoms with Crippen LogP contribution in [0.5, 0.6) is 11.5 Å². The number of ether oxygens (including phenoxy) is 2. The molecule has 0 saturated carbocycles. The molecule has 0 atom stereocenters. The molecule has 7 nitrogen and oxygen atoms in total. The number of sulfonamides is 1. The SMILES string of the molecule is COc1ccccc1NC(=O)COc1ccc(S(=O)(=O)N(C)C)cc1C. The third-order valence-electron chi connectivity index (χ3n) is 3.66. The van der Waals surface area contributed by atoms with E-state index >= 15 is 0 Å². The summed E-state index contributed by atoms with van der Waals surface area (Å²) in [5.41, 5.74) is 1.17. The van der Waals surface area contributed by atoms with E-state index in [1.54, 1.807) is 37.3 Å². The number of methoxy groups -OCH3 is 1. The minimum atomic E-state index is -3.51. The van der Waals surface area contributed by atoms with Gasteiger partial charge >= 0.3 is 0 Å². The first-order chi connectivity index (χ1) is 12.3. The van der Waals surface area contributed by atoms with Crippen LogP contribution in [0.4, 0.5) is 5.69 Å². The highest BCUT2D eigenvalue weighted by Crippen LogP contribution is 2.24. The molecular weight excluding hydrogens is 356 g/mol. The quantitative estimate of drug-likeness (QED) is 0.799. The molecule has 0 aliphatic rings. The topological polar surface area (TPSA) is 84.9 Å². The Morgan fingerprint density at radius 1 is 1.12 bits per heavy atom. The molecular formula is C18H22N2O5S. The Morgan fingerprint density at radius 3 is 2.42 bits per heavy atom. The maximum absolute atomic E-state index is 12.1. The number of nitrogens with one attached hydrogen (secondary N) is 1. The number of carbonyl (C=O) groups excluding carboxylic acids is 1. The number of hydrogen-bond acceptors (Lipinski definition) is 5. The van der Waals surface area contributed by atoms with Crippen molar-refractivity contribution >= 4 is 21.6 Å². The van der Waals surface area contributed by atoms with E-state index in [4.69, 9.17) is 9.47 Å². The first-order valence-corrected chi connectivity index (χ1v) is 9.28. The number of nitrogens with zero attached hydrogens (tertiary/aromatic N) is 1. The van der Waals surface area contributed by atoms with E-state index in [9.17, 15) is 13.2 Å². The standard InChI is InChI=1S/C18H22N2O5S/c1-13-11-14(26(22,23)20(2)3)9-10-16(13)25-12-18(21)19-15-7-5-6-8-17(15)24-4/h5-11H,12H2,1-4H3,(H,19,21). The zero-order valence-electron chi connectivity index (χ0n) is 15.1. The highest BCUT2D eigenvalue weighted by Gasteiger charge is 2.18. The lowest BCUT2D eigenvalue weighted by molar-refractivity contribution is -0.118. The number of hydrogen-bond donors (Lipinski definition) is 1. The van der Waals surface area contributed by atoms with Crippen LogP contribution in [-0.4, -0.2) is 46.4 Å². The maximum atomic E-state index is 12.1. The predicted molar refractivity (Wildman–Crippen MR) is 99.2 cm³/mol. The summed E-state index contributed by atoms with van der Waals surface area (Å²) in [6.45, 7) is 1.51. The summed E-state index contributed by atoms with van der Waals surface area (Å²) in [7, 11) is 0.950. The average Bonchev–Trinajstić information content (AvgIpc) is 2.60. The van der Waals surface area contributed by atoms with Gasteiger partial charge in [0.1, 0.15) is 11.5 Å². The van der Waals surface area contributed by atoms with Crippen molar-refractivity contribution in [2.75, 3.05) is 33.1 Å². The molecule has 0 fully saturated rings. The monoisotopic (exact) mass is 378 g/mol. The molecule has 1 N–H and O–H groups in total. The Kier molecular flexibility index (Phi) is 6.23. The molecule has 0 heterocycles. The van der Waals surface area contributed by atoms with Gasteiger partial charge in [0, 0.05) is 14.1 Å². The van der Waals surface area contributed by atoms with E-state index in [-0.39, 0.29) is 17.4 Å². The fraction of sp³-hybridized carbons (Fsp3) is 0.278. The number of benzene rings is 2. The van der Waals surface area contributed by atoms with Gasteiger partial charge in [-0.3, -0.25) is 4.79 Å². The van der Waals surface area contributed by atoms with Crippen LogP contribution in [-0.2, 0) is 14.8 Å². The van der Waals surface area contributed by atoms with Gasteiger partial charge in [0.25, 0.3) is 5.91 Å². The van der Waals surface area contributed by atoms with Crippen molar-refractivity contribution < 1.29 is 22.7 Å². The molecule has 0 bridgehead atoms. The van der Waals surface area contributed by atoms with Gasteiger partial charge in [0.2, 0.25) is 10.0 Å². The number of rotatable bonds is 7. The van der Waals surface area contributed by atoms with Crippen molar-refractivity contribution in [1.82, 2.24) is 4.31 Å². The predicted octanol–water partition coefficient (Wildman–Crippen LogP) is 2.27. The molecule has 140 valence electrons. The van der Waals surface area contributed by atoms with Crippen molar-refractivity contribution in [3.05, 3.63) is 48.0 Å². The van der Waals surface area contributed by atoms with Gasteiger partial charge in [-0.2, -0.15) is 0 Å². The average molecular weight is 378 g/mol. The minimum absolute atomic E-state index is 0.172. The molecule has 0 aliphatic heterocycles. The van der Waals surface area contributed by atoms with Gasteiger partial charge in [-0.25, -0.2) is 12.7 Å². The van der Waals surface area contributed by atoms with Gasteiger partial charge in [-0.05, 0) is 42.8 Å². The normalized spacial score (nSPS) is 11.3. The van der Waals surface area contributed by atoms with Gasteiger partial charge in [-0.1, -0.05) is 12.1 Å². The van der Waals surface area contributed by atoms with Crippen LogP contribution < -0.4 is 14.8 Å². The van der Waals surface area contributed by atoms with Crippen molar-refractivity contribution in [3.8, 4) is 11.5 Å². The van der Waals surface area contributed by atoms with Crippen molar-refractivity contribution in [1.29, 1.82) is 0 Å². The van der Waals surface area contributed by atoms with Crippen molar-refractivity contribution in [2.45, 2.75) is 11.8 Å². The Morgan fingerprint density at radius 2 is 1.81 bits per heavy atom. The third kappa shape index (κ3) is 4.53. The van der Waals surface area contributed by atoms with E-state index in [0.29, 0.717) is 22.7 Å². The van der Waals surface area contributed by atoms with E-state index in [1.807, 2.05) is 0 Å². The summed E-state index contributed by atoms with van der Waals surface area (Å²) in [5, 5.41) is 2.71. The molecule has 8 heteroatoms. The lowest BCUT2D eigenvalue weighted by Gasteiger charge is -2.14. The largest absolute Gasteiger partial charge is 0.495 e. The summed E-state index contributed by atoms with van der Waals surface area (Å²) in [6.07, 6.45) is 0. The number of aryl methyl sites for hydroxylation is 1. The maximum Gasteiger partial charge on any atom is 0.262 e. The Bertz CT molecular complexity index is 894. The summed E-state index contributed by atoms with van der Waals surface area (Å²) in [6, 6.07) is 11.6. The Hall–Kier alpha value is -2.58. The zero-order chi connectivity index (χ0) is 19.3. The molecule has 0 aromatic heterocycles. The Labute approximate surface area is 153 Å². The number of carbonyl (C=O) groups is 1.